The number of ether oxygens (including phenoxy) is 2. The summed E-state index contributed by atoms with van der Waals surface area (Å²) in [6.45, 7) is 4.08. The van der Waals surface area contributed by atoms with Crippen molar-refractivity contribution in [3.8, 4) is 5.75 Å². The monoisotopic (exact) mass is 417 g/mol. The van der Waals surface area contributed by atoms with E-state index in [1.165, 1.54) is 6.92 Å². The van der Waals surface area contributed by atoms with Gasteiger partial charge in [-0.1, -0.05) is 30.7 Å². The zero-order valence-corrected chi connectivity index (χ0v) is 17.2. The number of carbonyl (C=O) groups excluding carboxylic acids is 3. The molecule has 29 heavy (non-hydrogen) atoms. The zero-order chi connectivity index (χ0) is 21.2. The van der Waals surface area contributed by atoms with Gasteiger partial charge in [0.25, 0.3) is 5.91 Å². The smallest absolute Gasteiger partial charge is 0.307 e. The van der Waals surface area contributed by atoms with Gasteiger partial charge in [-0.3, -0.25) is 14.4 Å². The second kappa shape index (κ2) is 11.2. The third kappa shape index (κ3) is 7.23. The molecule has 0 saturated carbocycles. The third-order valence-corrected chi connectivity index (χ3v) is 4.34. The molecule has 0 bridgehead atoms. The Morgan fingerprint density at radius 3 is 2.38 bits per heavy atom. The van der Waals surface area contributed by atoms with Crippen molar-refractivity contribution >= 4 is 34.9 Å². The van der Waals surface area contributed by atoms with Crippen molar-refractivity contribution in [1.82, 2.24) is 0 Å². The predicted molar refractivity (Wildman–Crippen MR) is 111 cm³/mol. The van der Waals surface area contributed by atoms with E-state index < -0.39 is 18.0 Å². The van der Waals surface area contributed by atoms with Gasteiger partial charge in [0.05, 0.1) is 23.7 Å². The number of carbonyl (C=O) groups is 3. The first-order chi connectivity index (χ1) is 13.9. The fourth-order valence-electron chi connectivity index (χ4n) is 2.42. The van der Waals surface area contributed by atoms with Gasteiger partial charge in [0.2, 0.25) is 0 Å². The van der Waals surface area contributed by atoms with Crippen LogP contribution in [0.15, 0.2) is 48.5 Å². The van der Waals surface area contributed by atoms with Gasteiger partial charge in [0, 0.05) is 12.0 Å². The van der Waals surface area contributed by atoms with Gasteiger partial charge in [-0.05, 0) is 49.7 Å². The van der Waals surface area contributed by atoms with Crippen LogP contribution >= 0.6 is 11.6 Å². The van der Waals surface area contributed by atoms with Crippen LogP contribution in [0.1, 0.15) is 43.5 Å². The largest absolute Gasteiger partial charge is 0.494 e. The third-order valence-electron chi connectivity index (χ3n) is 4.01. The summed E-state index contributed by atoms with van der Waals surface area (Å²) in [4.78, 5) is 36.4. The minimum atomic E-state index is -1.01. The van der Waals surface area contributed by atoms with Crippen molar-refractivity contribution in [2.45, 2.75) is 39.2 Å². The van der Waals surface area contributed by atoms with Crippen LogP contribution in [0.5, 0.6) is 5.75 Å². The van der Waals surface area contributed by atoms with Gasteiger partial charge in [0.15, 0.2) is 11.9 Å². The summed E-state index contributed by atoms with van der Waals surface area (Å²) >= 11 is 5.99. The minimum absolute atomic E-state index is 0.00709. The van der Waals surface area contributed by atoms with Gasteiger partial charge >= 0.3 is 5.97 Å². The summed E-state index contributed by atoms with van der Waals surface area (Å²) in [6.07, 6.45) is -0.231. The molecule has 7 heteroatoms. The number of benzene rings is 2. The van der Waals surface area contributed by atoms with Crippen LogP contribution in [0, 0.1) is 0 Å². The molecular formula is C22H24ClNO5. The van der Waals surface area contributed by atoms with Crippen molar-refractivity contribution in [3.63, 3.8) is 0 Å². The molecule has 0 aromatic heterocycles. The number of hydrogen-bond donors (Lipinski definition) is 1. The molecule has 1 amide bonds. The second-order valence-electron chi connectivity index (χ2n) is 6.40. The normalized spacial score (nSPS) is 11.4. The van der Waals surface area contributed by atoms with Gasteiger partial charge in [0.1, 0.15) is 5.75 Å². The summed E-state index contributed by atoms with van der Waals surface area (Å²) in [5, 5.41) is 2.98. The minimum Gasteiger partial charge on any atom is -0.494 e. The van der Waals surface area contributed by atoms with E-state index in [1.807, 2.05) is 6.92 Å². The van der Waals surface area contributed by atoms with E-state index in [1.54, 1.807) is 48.5 Å². The highest BCUT2D eigenvalue weighted by Crippen LogP contribution is 2.21. The lowest BCUT2D eigenvalue weighted by atomic mass is 10.1. The Hall–Kier alpha value is -2.86. The number of nitrogens with one attached hydrogen (secondary N) is 1. The Balaban J connectivity index is 1.78. The van der Waals surface area contributed by atoms with Crippen LogP contribution in [0.25, 0.3) is 0 Å². The predicted octanol–water partition coefficient (Wildman–Crippen LogP) is 4.66. The number of rotatable bonds is 10. The lowest BCUT2D eigenvalue weighted by Crippen LogP contribution is -2.30. The highest BCUT2D eigenvalue weighted by atomic mass is 35.5. The van der Waals surface area contributed by atoms with E-state index in [0.29, 0.717) is 28.6 Å². The Bertz CT molecular complexity index is 851. The van der Waals surface area contributed by atoms with E-state index in [4.69, 9.17) is 21.1 Å². The van der Waals surface area contributed by atoms with Crippen LogP contribution in [-0.4, -0.2) is 30.4 Å². The van der Waals surface area contributed by atoms with Crippen molar-refractivity contribution in [3.05, 3.63) is 59.1 Å². The topological polar surface area (TPSA) is 81.7 Å². The van der Waals surface area contributed by atoms with Gasteiger partial charge in [-0.15, -0.1) is 0 Å². The summed E-state index contributed by atoms with van der Waals surface area (Å²) in [5.41, 5.74) is 0.926. The average Bonchev–Trinajstić information content (AvgIpc) is 2.72. The molecule has 0 fully saturated rings. The number of esters is 1. The quantitative estimate of drug-likeness (QED) is 0.449. The summed E-state index contributed by atoms with van der Waals surface area (Å²) in [7, 11) is 0. The number of Topliss-reactive ketones (excluding diaryl/α,β-unsaturated/α-hetero) is 1. The highest BCUT2D eigenvalue weighted by molar-refractivity contribution is 6.33. The summed E-state index contributed by atoms with van der Waals surface area (Å²) < 4.78 is 10.6. The molecule has 0 aliphatic carbocycles. The molecule has 0 unspecified atom stereocenters. The number of ketones is 1. The first-order valence-corrected chi connectivity index (χ1v) is 9.79. The molecule has 0 aliphatic heterocycles. The van der Waals surface area contributed by atoms with E-state index >= 15 is 0 Å². The number of amides is 1. The molecule has 0 heterocycles. The van der Waals surface area contributed by atoms with Crippen molar-refractivity contribution in [2.24, 2.45) is 0 Å². The van der Waals surface area contributed by atoms with Crippen molar-refractivity contribution in [1.29, 1.82) is 0 Å². The summed E-state index contributed by atoms with van der Waals surface area (Å²) in [6, 6.07) is 13.5. The fraction of sp³-hybridized carbons (Fsp3) is 0.318. The maximum Gasteiger partial charge on any atom is 0.307 e. The molecule has 154 valence electrons. The molecule has 0 saturated heterocycles. The summed E-state index contributed by atoms with van der Waals surface area (Å²) in [5.74, 6) is -0.609. The molecule has 0 aliphatic rings. The molecule has 0 spiro atoms. The van der Waals surface area contributed by atoms with Crippen LogP contribution in [0.4, 0.5) is 5.69 Å². The first kappa shape index (κ1) is 22.4. The maximum absolute atomic E-state index is 12.2. The van der Waals surface area contributed by atoms with Crippen LogP contribution in [-0.2, 0) is 14.3 Å². The van der Waals surface area contributed by atoms with Gasteiger partial charge in [-0.2, -0.15) is 0 Å². The Labute approximate surface area is 175 Å². The van der Waals surface area contributed by atoms with Gasteiger partial charge in [-0.25, -0.2) is 0 Å². The molecule has 1 N–H and O–H groups in total. The van der Waals surface area contributed by atoms with Crippen molar-refractivity contribution in [2.75, 3.05) is 11.9 Å². The van der Waals surface area contributed by atoms with E-state index in [0.717, 1.165) is 6.42 Å². The Kier molecular flexibility index (Phi) is 8.68. The first-order valence-electron chi connectivity index (χ1n) is 9.41. The molecule has 0 radical (unpaired) electrons. The van der Waals surface area contributed by atoms with Crippen LogP contribution in [0.3, 0.4) is 0 Å². The highest BCUT2D eigenvalue weighted by Gasteiger charge is 2.19. The fourth-order valence-corrected chi connectivity index (χ4v) is 2.61. The molecular weight excluding hydrogens is 394 g/mol. The van der Waals surface area contributed by atoms with Crippen LogP contribution in [0.2, 0.25) is 5.02 Å². The SMILES string of the molecule is CCCOc1ccc(C(=O)CCC(=O)O[C@@H](C)C(=O)Nc2ccccc2Cl)cc1. The van der Waals surface area contributed by atoms with E-state index in [-0.39, 0.29) is 18.6 Å². The molecule has 2 aromatic carbocycles. The maximum atomic E-state index is 12.2. The zero-order valence-electron chi connectivity index (χ0n) is 16.4. The van der Waals surface area contributed by atoms with E-state index in [2.05, 4.69) is 5.32 Å². The standard InChI is InChI=1S/C22H24ClNO5/c1-3-14-28-17-10-8-16(9-11-17)20(25)12-13-21(26)29-15(2)22(27)24-19-7-5-4-6-18(19)23/h4-11,15H,3,12-14H2,1-2H3,(H,24,27)/t15-/m0/s1. The number of para-hydroxylation sites is 1. The number of hydrogen-bond acceptors (Lipinski definition) is 5. The molecule has 6 nitrogen and oxygen atoms in total. The average molecular weight is 418 g/mol. The Morgan fingerprint density at radius 2 is 1.72 bits per heavy atom. The molecule has 2 aromatic rings. The molecule has 1 atom stereocenters. The van der Waals surface area contributed by atoms with Gasteiger partial charge < -0.3 is 14.8 Å². The lowest BCUT2D eigenvalue weighted by molar-refractivity contribution is -0.153. The molecule has 2 rings (SSSR count). The number of halogens is 1. The second-order valence-corrected chi connectivity index (χ2v) is 6.80. The van der Waals surface area contributed by atoms with Crippen molar-refractivity contribution < 1.29 is 23.9 Å². The van der Waals surface area contributed by atoms with Crippen LogP contribution < -0.4 is 10.1 Å². The van der Waals surface area contributed by atoms with E-state index in [9.17, 15) is 14.4 Å². The Morgan fingerprint density at radius 1 is 1.03 bits per heavy atom. The lowest BCUT2D eigenvalue weighted by Gasteiger charge is -2.14. The number of anilines is 1.